The molecule has 0 bridgehead atoms. The average molecular weight is 96.1 g/mol. The highest BCUT2D eigenvalue weighted by Gasteiger charge is 1.71. The SMILES string of the molecule is C=NC=C(C)N=C. The third-order valence-corrected chi connectivity index (χ3v) is 0.528. The van der Waals surface area contributed by atoms with E-state index >= 15 is 0 Å². The summed E-state index contributed by atoms with van der Waals surface area (Å²) in [5, 5.41) is 0. The minimum absolute atomic E-state index is 0.787. The largest absolute Gasteiger partial charge is 0.271 e. The molecule has 0 rings (SSSR count). The van der Waals surface area contributed by atoms with E-state index < -0.39 is 0 Å². The molecule has 0 radical (unpaired) electrons. The van der Waals surface area contributed by atoms with Crippen LogP contribution in [0.15, 0.2) is 21.9 Å². The molecule has 0 N–H and O–H groups in total. The molecule has 0 amide bonds. The van der Waals surface area contributed by atoms with Crippen molar-refractivity contribution < 1.29 is 0 Å². The fraction of sp³-hybridized carbons (Fsp3) is 0.200. The normalized spacial score (nSPS) is 10.7. The second-order valence-corrected chi connectivity index (χ2v) is 1.11. The number of hydrogen-bond acceptors (Lipinski definition) is 2. The second kappa shape index (κ2) is 3.28. The maximum absolute atomic E-state index is 3.56. The molecular weight excluding hydrogens is 88.1 g/mol. The van der Waals surface area contributed by atoms with Gasteiger partial charge < -0.3 is 0 Å². The van der Waals surface area contributed by atoms with E-state index in [2.05, 4.69) is 23.4 Å². The van der Waals surface area contributed by atoms with E-state index in [1.807, 2.05) is 6.92 Å². The second-order valence-electron chi connectivity index (χ2n) is 1.11. The predicted molar refractivity (Wildman–Crippen MR) is 32.9 cm³/mol. The van der Waals surface area contributed by atoms with Crippen LogP contribution in [0.5, 0.6) is 0 Å². The zero-order valence-electron chi connectivity index (χ0n) is 4.39. The van der Waals surface area contributed by atoms with Crippen molar-refractivity contribution in [3.05, 3.63) is 11.9 Å². The lowest BCUT2D eigenvalue weighted by Crippen LogP contribution is -1.60. The van der Waals surface area contributed by atoms with Crippen LogP contribution in [-0.4, -0.2) is 13.4 Å². The summed E-state index contributed by atoms with van der Waals surface area (Å²) in [5.41, 5.74) is 0.787. The van der Waals surface area contributed by atoms with Crippen LogP contribution in [0.25, 0.3) is 0 Å². The maximum atomic E-state index is 3.56. The van der Waals surface area contributed by atoms with Crippen molar-refractivity contribution in [3.63, 3.8) is 0 Å². The topological polar surface area (TPSA) is 24.7 Å². The molecule has 0 spiro atoms. The van der Waals surface area contributed by atoms with E-state index in [9.17, 15) is 0 Å². The number of aliphatic imine (C=N–C) groups is 2. The Balaban J connectivity index is 3.72. The van der Waals surface area contributed by atoms with E-state index in [4.69, 9.17) is 0 Å². The molecular formula is C5H8N2. The van der Waals surface area contributed by atoms with Gasteiger partial charge in [-0.1, -0.05) is 0 Å². The van der Waals surface area contributed by atoms with Gasteiger partial charge in [0.1, 0.15) is 0 Å². The Bertz CT molecular complexity index is 103. The van der Waals surface area contributed by atoms with Crippen LogP contribution in [0.1, 0.15) is 6.92 Å². The summed E-state index contributed by atoms with van der Waals surface area (Å²) >= 11 is 0. The first-order valence-electron chi connectivity index (χ1n) is 1.90. The van der Waals surface area contributed by atoms with Gasteiger partial charge in [-0.25, -0.2) is 0 Å². The van der Waals surface area contributed by atoms with Crippen molar-refractivity contribution in [2.24, 2.45) is 9.98 Å². The van der Waals surface area contributed by atoms with Crippen molar-refractivity contribution in [2.45, 2.75) is 6.92 Å². The Hall–Kier alpha value is -0.920. The van der Waals surface area contributed by atoms with Crippen LogP contribution >= 0.6 is 0 Å². The summed E-state index contributed by atoms with van der Waals surface area (Å²) in [5.74, 6) is 0. The van der Waals surface area contributed by atoms with Crippen LogP contribution in [0.2, 0.25) is 0 Å². The Morgan fingerprint density at radius 1 is 1.57 bits per heavy atom. The molecule has 0 saturated heterocycles. The van der Waals surface area contributed by atoms with Crippen molar-refractivity contribution in [3.8, 4) is 0 Å². The molecule has 38 valence electrons. The van der Waals surface area contributed by atoms with Gasteiger partial charge in [-0.05, 0) is 20.4 Å². The van der Waals surface area contributed by atoms with Gasteiger partial charge in [-0.15, -0.1) is 0 Å². The first-order valence-corrected chi connectivity index (χ1v) is 1.90. The molecule has 0 aromatic heterocycles. The summed E-state index contributed by atoms with van der Waals surface area (Å²) in [6.45, 7) is 8.31. The number of hydrogen-bond donors (Lipinski definition) is 0. The number of rotatable bonds is 2. The Morgan fingerprint density at radius 3 is 2.29 bits per heavy atom. The first-order chi connectivity index (χ1) is 3.31. The molecule has 0 atom stereocenters. The summed E-state index contributed by atoms with van der Waals surface area (Å²) in [6, 6.07) is 0. The maximum Gasteiger partial charge on any atom is 0.0547 e. The summed E-state index contributed by atoms with van der Waals surface area (Å²) in [4.78, 5) is 7.02. The Labute approximate surface area is 43.3 Å². The third-order valence-electron chi connectivity index (χ3n) is 0.528. The molecule has 0 aliphatic heterocycles. The fourth-order valence-corrected chi connectivity index (χ4v) is 0.173. The van der Waals surface area contributed by atoms with Gasteiger partial charge in [0, 0.05) is 6.20 Å². The molecule has 0 aliphatic rings. The molecule has 0 fully saturated rings. The van der Waals surface area contributed by atoms with Gasteiger partial charge >= 0.3 is 0 Å². The molecule has 0 saturated carbocycles. The van der Waals surface area contributed by atoms with Crippen molar-refractivity contribution in [1.82, 2.24) is 0 Å². The highest BCUT2D eigenvalue weighted by Crippen LogP contribution is 1.89. The van der Waals surface area contributed by atoms with Crippen LogP contribution < -0.4 is 0 Å². The third kappa shape index (κ3) is 2.89. The molecule has 7 heavy (non-hydrogen) atoms. The van der Waals surface area contributed by atoms with E-state index in [1.165, 1.54) is 0 Å². The lowest BCUT2D eigenvalue weighted by atomic mass is 10.6. The van der Waals surface area contributed by atoms with E-state index in [0.29, 0.717) is 0 Å². The van der Waals surface area contributed by atoms with Gasteiger partial charge in [0.2, 0.25) is 0 Å². The minimum Gasteiger partial charge on any atom is -0.271 e. The highest BCUT2D eigenvalue weighted by molar-refractivity contribution is 5.30. The minimum atomic E-state index is 0.787. The van der Waals surface area contributed by atoms with Gasteiger partial charge in [-0.3, -0.25) is 9.98 Å². The fourth-order valence-electron chi connectivity index (χ4n) is 0.173. The number of nitrogens with zero attached hydrogens (tertiary/aromatic N) is 2. The van der Waals surface area contributed by atoms with E-state index in [-0.39, 0.29) is 0 Å². The summed E-state index contributed by atoms with van der Waals surface area (Å²) in [7, 11) is 0. The molecule has 2 nitrogen and oxygen atoms in total. The lowest BCUT2D eigenvalue weighted by Gasteiger charge is -1.79. The standard InChI is InChI=1S/C5H8N2/c1-5(7-3)4-6-2/h4H,2-3H2,1H3. The number of allylic oxidation sites excluding steroid dienone is 1. The van der Waals surface area contributed by atoms with Crippen molar-refractivity contribution in [2.75, 3.05) is 0 Å². The Morgan fingerprint density at radius 2 is 2.14 bits per heavy atom. The summed E-state index contributed by atoms with van der Waals surface area (Å²) in [6.07, 6.45) is 1.55. The van der Waals surface area contributed by atoms with E-state index in [0.717, 1.165) is 5.70 Å². The van der Waals surface area contributed by atoms with Gasteiger partial charge in [0.05, 0.1) is 5.70 Å². The van der Waals surface area contributed by atoms with Gasteiger partial charge in [0.25, 0.3) is 0 Å². The summed E-state index contributed by atoms with van der Waals surface area (Å²) < 4.78 is 0. The van der Waals surface area contributed by atoms with Crippen molar-refractivity contribution in [1.29, 1.82) is 0 Å². The van der Waals surface area contributed by atoms with Gasteiger partial charge in [0.15, 0.2) is 0 Å². The Kier molecular flexibility index (Phi) is 2.85. The van der Waals surface area contributed by atoms with Crippen LogP contribution in [0.4, 0.5) is 0 Å². The monoisotopic (exact) mass is 96.1 g/mol. The molecule has 0 aromatic rings. The molecule has 0 heterocycles. The average Bonchev–Trinajstić information content (AvgIpc) is 1.68. The van der Waals surface area contributed by atoms with Crippen LogP contribution in [0.3, 0.4) is 0 Å². The smallest absolute Gasteiger partial charge is 0.0547 e. The predicted octanol–water partition coefficient (Wildman–Crippen LogP) is 1.25. The van der Waals surface area contributed by atoms with Gasteiger partial charge in [-0.2, -0.15) is 0 Å². The quantitative estimate of drug-likeness (QED) is 0.462. The van der Waals surface area contributed by atoms with Crippen LogP contribution in [-0.2, 0) is 0 Å². The van der Waals surface area contributed by atoms with Crippen molar-refractivity contribution >= 4 is 13.4 Å². The van der Waals surface area contributed by atoms with E-state index in [1.54, 1.807) is 6.20 Å². The van der Waals surface area contributed by atoms with Crippen LogP contribution in [0, 0.1) is 0 Å². The molecule has 2 heteroatoms. The molecule has 0 aliphatic carbocycles. The molecule has 0 aromatic carbocycles. The highest BCUT2D eigenvalue weighted by atomic mass is 14.7. The lowest BCUT2D eigenvalue weighted by molar-refractivity contribution is 1.29. The molecule has 0 unspecified atom stereocenters. The zero-order chi connectivity index (χ0) is 5.70. The zero-order valence-corrected chi connectivity index (χ0v) is 4.39. The first kappa shape index (κ1) is 6.08.